The van der Waals surface area contributed by atoms with Crippen molar-refractivity contribution in [2.24, 2.45) is 0 Å². The number of hydrogen-bond acceptors (Lipinski definition) is 1. The molecule has 0 spiro atoms. The van der Waals surface area contributed by atoms with Crippen molar-refractivity contribution in [3.63, 3.8) is 0 Å². The van der Waals surface area contributed by atoms with Gasteiger partial charge in [-0.2, -0.15) is 0 Å². The molecular formula is C18H20BrN. The van der Waals surface area contributed by atoms with Gasteiger partial charge in [-0.05, 0) is 66.6 Å². The number of nitrogens with one attached hydrogen (secondary N) is 1. The molecule has 0 radical (unpaired) electrons. The summed E-state index contributed by atoms with van der Waals surface area (Å²) in [5, 5.41) is 3.70. The molecule has 1 atom stereocenters. The molecule has 1 aliphatic carbocycles. The zero-order valence-electron chi connectivity index (χ0n) is 11.8. The molecule has 2 aromatic carbocycles. The van der Waals surface area contributed by atoms with Crippen LogP contribution in [0.2, 0.25) is 0 Å². The van der Waals surface area contributed by atoms with E-state index in [9.17, 15) is 0 Å². The molecular weight excluding hydrogens is 310 g/mol. The number of benzene rings is 2. The predicted octanol–water partition coefficient (Wildman–Crippen LogP) is 4.98. The topological polar surface area (TPSA) is 12.0 Å². The van der Waals surface area contributed by atoms with Crippen LogP contribution in [-0.4, -0.2) is 6.04 Å². The van der Waals surface area contributed by atoms with E-state index in [2.05, 4.69) is 70.6 Å². The lowest BCUT2D eigenvalue weighted by molar-refractivity contribution is 0.610. The average molecular weight is 330 g/mol. The van der Waals surface area contributed by atoms with Crippen LogP contribution in [-0.2, 0) is 19.3 Å². The van der Waals surface area contributed by atoms with Crippen LogP contribution in [0.15, 0.2) is 46.9 Å². The molecule has 2 heteroatoms. The Morgan fingerprint density at radius 2 is 2.05 bits per heavy atom. The summed E-state index contributed by atoms with van der Waals surface area (Å²) in [6.07, 6.45) is 4.59. The van der Waals surface area contributed by atoms with Crippen LogP contribution in [0.3, 0.4) is 0 Å². The molecule has 0 aliphatic heterocycles. The van der Waals surface area contributed by atoms with E-state index in [1.165, 1.54) is 39.7 Å². The Hall–Kier alpha value is -1.28. The fourth-order valence-corrected chi connectivity index (χ4v) is 3.37. The molecule has 0 fully saturated rings. The molecule has 104 valence electrons. The Balaban J connectivity index is 1.72. The van der Waals surface area contributed by atoms with Gasteiger partial charge >= 0.3 is 0 Å². The lowest BCUT2D eigenvalue weighted by atomic mass is 9.88. The number of hydrogen-bond donors (Lipinski definition) is 1. The molecule has 0 saturated carbocycles. The van der Waals surface area contributed by atoms with E-state index in [4.69, 9.17) is 0 Å². The third-order valence-electron chi connectivity index (χ3n) is 4.10. The Morgan fingerprint density at radius 3 is 2.90 bits per heavy atom. The third kappa shape index (κ3) is 3.06. The van der Waals surface area contributed by atoms with Crippen molar-refractivity contribution >= 4 is 21.6 Å². The van der Waals surface area contributed by atoms with Crippen LogP contribution in [0, 0.1) is 0 Å². The standard InChI is InChI=1S/C18H20BrN/c1-2-13-4-3-5-17(10-13)20-18-9-7-14-11-16(19)8-6-15(14)12-18/h3-6,8,10-11,18,20H,2,7,9,12H2,1H3. The van der Waals surface area contributed by atoms with Crippen molar-refractivity contribution in [3.05, 3.63) is 63.6 Å². The summed E-state index contributed by atoms with van der Waals surface area (Å²) in [7, 11) is 0. The zero-order valence-corrected chi connectivity index (χ0v) is 13.4. The Kier molecular flexibility index (Phi) is 4.11. The summed E-state index contributed by atoms with van der Waals surface area (Å²) >= 11 is 3.56. The second-order valence-corrected chi connectivity index (χ2v) is 6.47. The minimum absolute atomic E-state index is 0.552. The third-order valence-corrected chi connectivity index (χ3v) is 4.60. The highest BCUT2D eigenvalue weighted by Crippen LogP contribution is 2.26. The molecule has 0 bridgehead atoms. The maximum Gasteiger partial charge on any atom is 0.0345 e. The Labute approximate surface area is 129 Å². The summed E-state index contributed by atoms with van der Waals surface area (Å²) in [6.45, 7) is 2.20. The summed E-state index contributed by atoms with van der Waals surface area (Å²) in [5.41, 5.74) is 5.65. The number of aryl methyl sites for hydroxylation is 2. The van der Waals surface area contributed by atoms with Crippen molar-refractivity contribution in [3.8, 4) is 0 Å². The van der Waals surface area contributed by atoms with Gasteiger partial charge in [-0.15, -0.1) is 0 Å². The SMILES string of the molecule is CCc1cccc(NC2CCc3cc(Br)ccc3C2)c1. The summed E-state index contributed by atoms with van der Waals surface area (Å²) in [5.74, 6) is 0. The van der Waals surface area contributed by atoms with Crippen molar-refractivity contribution in [1.82, 2.24) is 0 Å². The van der Waals surface area contributed by atoms with Gasteiger partial charge in [-0.1, -0.05) is 41.1 Å². The molecule has 1 aliphatic rings. The van der Waals surface area contributed by atoms with E-state index >= 15 is 0 Å². The summed E-state index contributed by atoms with van der Waals surface area (Å²) < 4.78 is 1.19. The molecule has 1 N–H and O–H groups in total. The van der Waals surface area contributed by atoms with E-state index in [1.54, 1.807) is 0 Å². The molecule has 2 aromatic rings. The smallest absolute Gasteiger partial charge is 0.0345 e. The maximum absolute atomic E-state index is 3.70. The quantitative estimate of drug-likeness (QED) is 0.837. The van der Waals surface area contributed by atoms with Crippen molar-refractivity contribution in [2.45, 2.75) is 38.6 Å². The van der Waals surface area contributed by atoms with Crippen molar-refractivity contribution in [1.29, 1.82) is 0 Å². The van der Waals surface area contributed by atoms with Gasteiger partial charge in [-0.3, -0.25) is 0 Å². The van der Waals surface area contributed by atoms with Crippen LogP contribution in [0.5, 0.6) is 0 Å². The van der Waals surface area contributed by atoms with E-state index in [0.717, 1.165) is 12.8 Å². The molecule has 1 unspecified atom stereocenters. The second kappa shape index (κ2) is 6.01. The zero-order chi connectivity index (χ0) is 13.9. The van der Waals surface area contributed by atoms with Gasteiger partial charge in [0.25, 0.3) is 0 Å². The summed E-state index contributed by atoms with van der Waals surface area (Å²) in [6, 6.07) is 16.0. The van der Waals surface area contributed by atoms with Crippen molar-refractivity contribution < 1.29 is 0 Å². The molecule has 0 saturated heterocycles. The van der Waals surface area contributed by atoms with Crippen LogP contribution < -0.4 is 5.32 Å². The maximum atomic E-state index is 3.70. The van der Waals surface area contributed by atoms with E-state index in [-0.39, 0.29) is 0 Å². The van der Waals surface area contributed by atoms with Gasteiger partial charge in [0.2, 0.25) is 0 Å². The van der Waals surface area contributed by atoms with Gasteiger partial charge in [0, 0.05) is 16.2 Å². The molecule has 0 aromatic heterocycles. The van der Waals surface area contributed by atoms with E-state index in [1.807, 2.05) is 0 Å². The molecule has 3 rings (SSSR count). The first kappa shape index (κ1) is 13.7. The van der Waals surface area contributed by atoms with Crippen molar-refractivity contribution in [2.75, 3.05) is 5.32 Å². The van der Waals surface area contributed by atoms with Crippen LogP contribution in [0.4, 0.5) is 5.69 Å². The van der Waals surface area contributed by atoms with Gasteiger partial charge in [-0.25, -0.2) is 0 Å². The van der Waals surface area contributed by atoms with Crippen LogP contribution >= 0.6 is 15.9 Å². The normalized spacial score (nSPS) is 17.6. The molecule has 0 amide bonds. The molecule has 0 heterocycles. The monoisotopic (exact) mass is 329 g/mol. The first-order valence-corrected chi connectivity index (χ1v) is 8.16. The minimum atomic E-state index is 0.552. The number of fused-ring (bicyclic) bond motifs is 1. The molecule has 20 heavy (non-hydrogen) atoms. The average Bonchev–Trinajstić information content (AvgIpc) is 2.47. The highest BCUT2D eigenvalue weighted by molar-refractivity contribution is 9.10. The lowest BCUT2D eigenvalue weighted by Crippen LogP contribution is -2.27. The second-order valence-electron chi connectivity index (χ2n) is 5.55. The van der Waals surface area contributed by atoms with Gasteiger partial charge in [0.1, 0.15) is 0 Å². The fraction of sp³-hybridized carbons (Fsp3) is 0.333. The first-order chi connectivity index (χ1) is 9.74. The van der Waals surface area contributed by atoms with E-state index in [0.29, 0.717) is 6.04 Å². The highest BCUT2D eigenvalue weighted by atomic mass is 79.9. The highest BCUT2D eigenvalue weighted by Gasteiger charge is 2.18. The van der Waals surface area contributed by atoms with E-state index < -0.39 is 0 Å². The number of anilines is 1. The number of halogens is 1. The number of rotatable bonds is 3. The van der Waals surface area contributed by atoms with Crippen LogP contribution in [0.25, 0.3) is 0 Å². The molecule has 1 nitrogen and oxygen atoms in total. The van der Waals surface area contributed by atoms with Gasteiger partial charge in [0.05, 0.1) is 0 Å². The largest absolute Gasteiger partial charge is 0.382 e. The predicted molar refractivity (Wildman–Crippen MR) is 89.4 cm³/mol. The fourth-order valence-electron chi connectivity index (χ4n) is 2.96. The Morgan fingerprint density at radius 1 is 1.15 bits per heavy atom. The summed E-state index contributed by atoms with van der Waals surface area (Å²) in [4.78, 5) is 0. The first-order valence-electron chi connectivity index (χ1n) is 7.37. The van der Waals surface area contributed by atoms with Gasteiger partial charge in [0.15, 0.2) is 0 Å². The lowest BCUT2D eigenvalue weighted by Gasteiger charge is -2.26. The van der Waals surface area contributed by atoms with Gasteiger partial charge < -0.3 is 5.32 Å². The Bertz CT molecular complexity index is 606. The minimum Gasteiger partial charge on any atom is -0.382 e. The van der Waals surface area contributed by atoms with Crippen LogP contribution in [0.1, 0.15) is 30.0 Å².